The van der Waals surface area contributed by atoms with Crippen molar-refractivity contribution in [2.24, 2.45) is 0 Å². The highest BCUT2D eigenvalue weighted by molar-refractivity contribution is 7.80. The first-order valence-electron chi connectivity index (χ1n) is 9.56. The molecule has 0 spiro atoms. The zero-order valence-electron chi connectivity index (χ0n) is 16.9. The Morgan fingerprint density at radius 2 is 1.70 bits per heavy atom. The van der Waals surface area contributed by atoms with Gasteiger partial charge in [0.05, 0.1) is 0 Å². The summed E-state index contributed by atoms with van der Waals surface area (Å²) in [7, 11) is 0. The average Bonchev–Trinajstić information content (AvgIpc) is 3.10. The number of anilines is 1. The topological polar surface area (TPSA) is 67.2 Å². The molecule has 6 heteroatoms. The van der Waals surface area contributed by atoms with Crippen molar-refractivity contribution in [2.75, 3.05) is 5.32 Å². The first-order chi connectivity index (χ1) is 14.4. The van der Waals surface area contributed by atoms with Crippen molar-refractivity contribution in [3.63, 3.8) is 0 Å². The molecule has 0 aliphatic rings. The van der Waals surface area contributed by atoms with Gasteiger partial charge >= 0.3 is 0 Å². The molecule has 1 amide bonds. The molecule has 0 aliphatic carbocycles. The van der Waals surface area contributed by atoms with E-state index >= 15 is 0 Å². The standard InChI is InChI=1S/C24H21N3O2S/c1-14-10-15(2)12-17(11-14)22(28)27-24(30)25-18-8-9-21-20(13-18)26-23(29-21)19-7-5-4-6-16(19)3/h4-13H,1-3H3,(H2,25,27,28,30). The number of nitrogens with one attached hydrogen (secondary N) is 2. The fraction of sp³-hybridized carbons (Fsp3) is 0.125. The van der Waals surface area contributed by atoms with E-state index in [-0.39, 0.29) is 11.0 Å². The van der Waals surface area contributed by atoms with E-state index < -0.39 is 0 Å². The molecule has 0 unspecified atom stereocenters. The van der Waals surface area contributed by atoms with E-state index in [0.717, 1.165) is 27.9 Å². The number of thiocarbonyl (C=S) groups is 1. The molecule has 2 N–H and O–H groups in total. The van der Waals surface area contributed by atoms with Crippen LogP contribution in [0.25, 0.3) is 22.6 Å². The van der Waals surface area contributed by atoms with Crippen LogP contribution in [0.1, 0.15) is 27.0 Å². The lowest BCUT2D eigenvalue weighted by Gasteiger charge is -2.10. The van der Waals surface area contributed by atoms with E-state index in [1.807, 2.05) is 81.4 Å². The van der Waals surface area contributed by atoms with E-state index in [4.69, 9.17) is 16.6 Å². The summed E-state index contributed by atoms with van der Waals surface area (Å²) in [6, 6.07) is 19.1. The van der Waals surface area contributed by atoms with Crippen LogP contribution in [0, 0.1) is 20.8 Å². The lowest BCUT2D eigenvalue weighted by molar-refractivity contribution is 0.0977. The number of rotatable bonds is 3. The predicted molar refractivity (Wildman–Crippen MR) is 124 cm³/mol. The summed E-state index contributed by atoms with van der Waals surface area (Å²) in [5.41, 5.74) is 6.80. The van der Waals surface area contributed by atoms with Gasteiger partial charge in [0, 0.05) is 16.8 Å². The Morgan fingerprint density at radius 3 is 2.43 bits per heavy atom. The summed E-state index contributed by atoms with van der Waals surface area (Å²) >= 11 is 5.31. The Hall–Kier alpha value is -3.51. The van der Waals surface area contributed by atoms with E-state index in [2.05, 4.69) is 15.6 Å². The first-order valence-corrected chi connectivity index (χ1v) is 9.97. The van der Waals surface area contributed by atoms with Crippen molar-refractivity contribution in [1.29, 1.82) is 0 Å². The Labute approximate surface area is 180 Å². The summed E-state index contributed by atoms with van der Waals surface area (Å²) in [4.78, 5) is 17.1. The van der Waals surface area contributed by atoms with Crippen LogP contribution in [0.5, 0.6) is 0 Å². The van der Waals surface area contributed by atoms with Gasteiger partial charge in [0.1, 0.15) is 5.52 Å². The fourth-order valence-corrected chi connectivity index (χ4v) is 3.59. The SMILES string of the molecule is Cc1cc(C)cc(C(=O)NC(=S)Nc2ccc3oc(-c4ccccc4C)nc3c2)c1. The number of oxazole rings is 1. The molecule has 0 saturated heterocycles. The summed E-state index contributed by atoms with van der Waals surface area (Å²) in [6.45, 7) is 5.94. The van der Waals surface area contributed by atoms with Gasteiger partial charge in [-0.2, -0.15) is 0 Å². The van der Waals surface area contributed by atoms with Gasteiger partial charge in [0.15, 0.2) is 10.7 Å². The smallest absolute Gasteiger partial charge is 0.257 e. The molecule has 1 aromatic heterocycles. The minimum Gasteiger partial charge on any atom is -0.436 e. The van der Waals surface area contributed by atoms with Crippen molar-refractivity contribution in [1.82, 2.24) is 10.3 Å². The monoisotopic (exact) mass is 415 g/mol. The van der Waals surface area contributed by atoms with Crippen molar-refractivity contribution >= 4 is 40.0 Å². The van der Waals surface area contributed by atoms with Crippen LogP contribution in [0.3, 0.4) is 0 Å². The third kappa shape index (κ3) is 4.23. The van der Waals surface area contributed by atoms with Crippen LogP contribution in [0.15, 0.2) is 65.1 Å². The molecule has 150 valence electrons. The second-order valence-corrected chi connectivity index (χ2v) is 7.71. The quantitative estimate of drug-likeness (QED) is 0.430. The number of nitrogens with zero attached hydrogens (tertiary/aromatic N) is 1. The highest BCUT2D eigenvalue weighted by Crippen LogP contribution is 2.28. The molecule has 0 aliphatic heterocycles. The third-order valence-corrected chi connectivity index (χ3v) is 4.94. The molecule has 0 atom stereocenters. The number of amides is 1. The van der Waals surface area contributed by atoms with Gasteiger partial charge in [-0.25, -0.2) is 4.98 Å². The zero-order valence-corrected chi connectivity index (χ0v) is 17.8. The molecular weight excluding hydrogens is 394 g/mol. The molecule has 4 rings (SSSR count). The first kappa shape index (κ1) is 19.8. The Morgan fingerprint density at radius 1 is 0.967 bits per heavy atom. The van der Waals surface area contributed by atoms with Gasteiger partial charge in [0.2, 0.25) is 5.89 Å². The molecular formula is C24H21N3O2S. The predicted octanol–water partition coefficient (Wildman–Crippen LogP) is 5.55. The van der Waals surface area contributed by atoms with E-state index in [1.165, 1.54) is 0 Å². The maximum absolute atomic E-state index is 12.5. The highest BCUT2D eigenvalue weighted by Gasteiger charge is 2.12. The van der Waals surface area contributed by atoms with Crippen LogP contribution in [0.4, 0.5) is 5.69 Å². The lowest BCUT2D eigenvalue weighted by Crippen LogP contribution is -2.34. The van der Waals surface area contributed by atoms with Gasteiger partial charge < -0.3 is 9.73 Å². The maximum atomic E-state index is 12.5. The van der Waals surface area contributed by atoms with Crippen LogP contribution in [0.2, 0.25) is 0 Å². The van der Waals surface area contributed by atoms with Crippen LogP contribution in [-0.4, -0.2) is 16.0 Å². The number of aromatic nitrogens is 1. The second-order valence-electron chi connectivity index (χ2n) is 7.30. The molecule has 0 fully saturated rings. The molecule has 4 aromatic rings. The molecule has 3 aromatic carbocycles. The number of carbonyl (C=O) groups is 1. The van der Waals surface area contributed by atoms with Gasteiger partial charge in [-0.15, -0.1) is 0 Å². The van der Waals surface area contributed by atoms with Gasteiger partial charge in [0.25, 0.3) is 5.91 Å². The minimum absolute atomic E-state index is 0.223. The number of hydrogen-bond acceptors (Lipinski definition) is 4. The molecule has 0 bridgehead atoms. The largest absolute Gasteiger partial charge is 0.436 e. The molecule has 1 heterocycles. The molecule has 30 heavy (non-hydrogen) atoms. The van der Waals surface area contributed by atoms with Gasteiger partial charge in [-0.05, 0) is 75.0 Å². The molecule has 0 radical (unpaired) electrons. The average molecular weight is 416 g/mol. The number of hydrogen-bond donors (Lipinski definition) is 2. The summed E-state index contributed by atoms with van der Waals surface area (Å²) in [6.07, 6.45) is 0. The number of benzene rings is 3. The van der Waals surface area contributed by atoms with Gasteiger partial charge in [-0.3, -0.25) is 10.1 Å². The number of fused-ring (bicyclic) bond motifs is 1. The van der Waals surface area contributed by atoms with Crippen molar-refractivity contribution in [3.05, 3.63) is 82.9 Å². The van der Waals surface area contributed by atoms with E-state index in [0.29, 0.717) is 22.6 Å². The summed E-state index contributed by atoms with van der Waals surface area (Å²) in [5.74, 6) is 0.328. The van der Waals surface area contributed by atoms with Crippen LogP contribution in [-0.2, 0) is 0 Å². The normalized spacial score (nSPS) is 10.8. The highest BCUT2D eigenvalue weighted by atomic mass is 32.1. The summed E-state index contributed by atoms with van der Waals surface area (Å²) in [5, 5.41) is 5.99. The van der Waals surface area contributed by atoms with Crippen molar-refractivity contribution in [3.8, 4) is 11.5 Å². The van der Waals surface area contributed by atoms with Crippen molar-refractivity contribution < 1.29 is 9.21 Å². The third-order valence-electron chi connectivity index (χ3n) is 4.73. The lowest BCUT2D eigenvalue weighted by atomic mass is 10.1. The van der Waals surface area contributed by atoms with Crippen molar-refractivity contribution in [2.45, 2.75) is 20.8 Å². The van der Waals surface area contributed by atoms with Crippen LogP contribution >= 0.6 is 12.2 Å². The molecule has 0 saturated carbocycles. The van der Waals surface area contributed by atoms with E-state index in [9.17, 15) is 4.79 Å². The Kier molecular flexibility index (Phi) is 5.33. The number of carbonyl (C=O) groups excluding carboxylic acids is 1. The second kappa shape index (κ2) is 8.08. The van der Waals surface area contributed by atoms with E-state index in [1.54, 1.807) is 0 Å². The fourth-order valence-electron chi connectivity index (χ4n) is 3.38. The maximum Gasteiger partial charge on any atom is 0.257 e. The zero-order chi connectivity index (χ0) is 21.3. The minimum atomic E-state index is -0.247. The van der Waals surface area contributed by atoms with Crippen LogP contribution < -0.4 is 10.6 Å². The van der Waals surface area contributed by atoms with Gasteiger partial charge in [-0.1, -0.05) is 35.4 Å². The molecule has 5 nitrogen and oxygen atoms in total. The Balaban J connectivity index is 1.50. The Bertz CT molecular complexity index is 1260. The number of aryl methyl sites for hydroxylation is 3. The summed E-state index contributed by atoms with van der Waals surface area (Å²) < 4.78 is 5.90.